The Morgan fingerprint density at radius 3 is 2.76 bits per heavy atom. The summed E-state index contributed by atoms with van der Waals surface area (Å²) in [6.07, 6.45) is 5.02. The van der Waals surface area contributed by atoms with Crippen LogP contribution in [0.25, 0.3) is 11.3 Å². The SMILES string of the molecule is NCCNc1cccc(-c2cc(N[C@H]3CC[C@H](O)CC3)ncc2Cl)n1. The summed E-state index contributed by atoms with van der Waals surface area (Å²) in [4.78, 5) is 8.98. The quantitative estimate of drug-likeness (QED) is 0.631. The monoisotopic (exact) mass is 361 g/mol. The van der Waals surface area contributed by atoms with Crippen LogP contribution in [0.15, 0.2) is 30.5 Å². The Morgan fingerprint density at radius 2 is 2.00 bits per heavy atom. The number of halogens is 1. The molecule has 2 aromatic heterocycles. The number of aliphatic hydroxyl groups excluding tert-OH is 1. The molecule has 0 spiro atoms. The van der Waals surface area contributed by atoms with Crippen molar-refractivity contribution in [2.45, 2.75) is 37.8 Å². The second-order valence-corrected chi connectivity index (χ2v) is 6.73. The summed E-state index contributed by atoms with van der Waals surface area (Å²) in [5.41, 5.74) is 7.15. The summed E-state index contributed by atoms with van der Waals surface area (Å²) in [5, 5.41) is 16.8. The highest BCUT2D eigenvalue weighted by atomic mass is 35.5. The molecule has 1 aliphatic rings. The minimum absolute atomic E-state index is 0.167. The number of anilines is 2. The molecule has 25 heavy (non-hydrogen) atoms. The third-order valence-corrected chi connectivity index (χ3v) is 4.68. The van der Waals surface area contributed by atoms with Crippen LogP contribution in [0.3, 0.4) is 0 Å². The standard InChI is InChI=1S/C18H24ClN5O/c19-15-11-22-18(23-12-4-6-13(25)7-5-12)10-14(15)16-2-1-3-17(24-16)21-9-8-20/h1-3,10-13,25H,4-9,20H2,(H,21,24)(H,22,23)/t12-,13-. The number of pyridine rings is 2. The van der Waals surface area contributed by atoms with Gasteiger partial charge in [-0.3, -0.25) is 0 Å². The van der Waals surface area contributed by atoms with Crippen LogP contribution in [0.5, 0.6) is 0 Å². The fraction of sp³-hybridized carbons (Fsp3) is 0.444. The molecule has 0 aliphatic heterocycles. The van der Waals surface area contributed by atoms with Crippen LogP contribution in [-0.4, -0.2) is 40.3 Å². The van der Waals surface area contributed by atoms with E-state index in [9.17, 15) is 5.11 Å². The molecule has 0 bridgehead atoms. The van der Waals surface area contributed by atoms with Gasteiger partial charge in [0.15, 0.2) is 0 Å². The summed E-state index contributed by atoms with van der Waals surface area (Å²) < 4.78 is 0. The van der Waals surface area contributed by atoms with E-state index in [1.54, 1.807) is 6.20 Å². The van der Waals surface area contributed by atoms with Gasteiger partial charge in [0.25, 0.3) is 0 Å². The molecule has 0 unspecified atom stereocenters. The van der Waals surface area contributed by atoms with Crippen molar-refractivity contribution in [1.29, 1.82) is 0 Å². The lowest BCUT2D eigenvalue weighted by atomic mass is 9.93. The third-order valence-electron chi connectivity index (χ3n) is 4.38. The highest BCUT2D eigenvalue weighted by Crippen LogP contribution is 2.30. The number of rotatable bonds is 6. The van der Waals surface area contributed by atoms with Gasteiger partial charge in [-0.2, -0.15) is 0 Å². The average Bonchev–Trinajstić information content (AvgIpc) is 2.64. The fourth-order valence-electron chi connectivity index (χ4n) is 3.03. The van der Waals surface area contributed by atoms with E-state index in [-0.39, 0.29) is 6.10 Å². The van der Waals surface area contributed by atoms with Gasteiger partial charge in [0.1, 0.15) is 11.6 Å². The van der Waals surface area contributed by atoms with Crippen molar-refractivity contribution in [3.63, 3.8) is 0 Å². The Hall–Kier alpha value is -1.89. The van der Waals surface area contributed by atoms with Crippen molar-refractivity contribution in [2.75, 3.05) is 23.7 Å². The first-order valence-electron chi connectivity index (χ1n) is 8.67. The van der Waals surface area contributed by atoms with Gasteiger partial charge in [-0.25, -0.2) is 9.97 Å². The molecular formula is C18H24ClN5O. The summed E-state index contributed by atoms with van der Waals surface area (Å²) in [6.45, 7) is 1.22. The van der Waals surface area contributed by atoms with Gasteiger partial charge in [0, 0.05) is 30.9 Å². The van der Waals surface area contributed by atoms with E-state index in [0.29, 0.717) is 24.2 Å². The Kier molecular flexibility index (Phi) is 6.07. The predicted octanol–water partition coefficient (Wildman–Crippen LogP) is 2.88. The van der Waals surface area contributed by atoms with E-state index in [4.69, 9.17) is 17.3 Å². The average molecular weight is 362 g/mol. The smallest absolute Gasteiger partial charge is 0.126 e. The maximum atomic E-state index is 9.63. The van der Waals surface area contributed by atoms with Crippen LogP contribution in [0.4, 0.5) is 11.6 Å². The van der Waals surface area contributed by atoms with Crippen molar-refractivity contribution in [2.24, 2.45) is 5.73 Å². The maximum Gasteiger partial charge on any atom is 0.126 e. The summed E-state index contributed by atoms with van der Waals surface area (Å²) in [7, 11) is 0. The minimum Gasteiger partial charge on any atom is -0.393 e. The minimum atomic E-state index is -0.167. The molecule has 0 aromatic carbocycles. The van der Waals surface area contributed by atoms with Crippen LogP contribution in [-0.2, 0) is 0 Å². The molecule has 1 fully saturated rings. The fourth-order valence-corrected chi connectivity index (χ4v) is 3.23. The van der Waals surface area contributed by atoms with Gasteiger partial charge in [-0.05, 0) is 43.9 Å². The van der Waals surface area contributed by atoms with E-state index in [0.717, 1.165) is 48.6 Å². The van der Waals surface area contributed by atoms with Crippen LogP contribution in [0.2, 0.25) is 5.02 Å². The maximum absolute atomic E-state index is 9.63. The lowest BCUT2D eigenvalue weighted by molar-refractivity contribution is 0.126. The van der Waals surface area contributed by atoms with Gasteiger partial charge < -0.3 is 21.5 Å². The highest BCUT2D eigenvalue weighted by molar-refractivity contribution is 6.33. The first kappa shape index (κ1) is 17.9. The number of nitrogens with one attached hydrogen (secondary N) is 2. The Balaban J connectivity index is 1.77. The van der Waals surface area contributed by atoms with Crippen LogP contribution >= 0.6 is 11.6 Å². The van der Waals surface area contributed by atoms with E-state index in [1.807, 2.05) is 24.3 Å². The number of aromatic nitrogens is 2. The molecule has 5 N–H and O–H groups in total. The second-order valence-electron chi connectivity index (χ2n) is 6.32. The van der Waals surface area contributed by atoms with Gasteiger partial charge in [-0.1, -0.05) is 17.7 Å². The van der Waals surface area contributed by atoms with E-state index in [1.165, 1.54) is 0 Å². The zero-order valence-corrected chi connectivity index (χ0v) is 14.8. The Morgan fingerprint density at radius 1 is 1.20 bits per heavy atom. The summed E-state index contributed by atoms with van der Waals surface area (Å²) in [5.74, 6) is 1.55. The molecule has 7 heteroatoms. The molecule has 0 amide bonds. The molecule has 6 nitrogen and oxygen atoms in total. The van der Waals surface area contributed by atoms with Crippen LogP contribution < -0.4 is 16.4 Å². The van der Waals surface area contributed by atoms with Crippen molar-refractivity contribution >= 4 is 23.2 Å². The van der Waals surface area contributed by atoms with E-state index in [2.05, 4.69) is 20.6 Å². The number of hydrogen-bond donors (Lipinski definition) is 4. The van der Waals surface area contributed by atoms with Crippen molar-refractivity contribution in [3.05, 3.63) is 35.5 Å². The first-order chi connectivity index (χ1) is 12.2. The highest BCUT2D eigenvalue weighted by Gasteiger charge is 2.20. The van der Waals surface area contributed by atoms with Crippen LogP contribution in [0, 0.1) is 0 Å². The van der Waals surface area contributed by atoms with E-state index < -0.39 is 0 Å². The summed E-state index contributed by atoms with van der Waals surface area (Å²) in [6, 6.07) is 8.03. The summed E-state index contributed by atoms with van der Waals surface area (Å²) >= 11 is 6.35. The Bertz CT molecular complexity index is 704. The Labute approximate surface area is 152 Å². The number of nitrogens with zero attached hydrogens (tertiary/aromatic N) is 2. The normalized spacial score (nSPS) is 20.3. The molecule has 134 valence electrons. The molecule has 1 saturated carbocycles. The molecule has 2 aromatic rings. The topological polar surface area (TPSA) is 96.1 Å². The zero-order valence-electron chi connectivity index (χ0n) is 14.1. The number of hydrogen-bond acceptors (Lipinski definition) is 6. The molecule has 3 rings (SSSR count). The number of aliphatic hydroxyl groups is 1. The predicted molar refractivity (Wildman–Crippen MR) is 102 cm³/mol. The largest absolute Gasteiger partial charge is 0.393 e. The third kappa shape index (κ3) is 4.81. The number of nitrogens with two attached hydrogens (primary N) is 1. The zero-order chi connectivity index (χ0) is 17.6. The van der Waals surface area contributed by atoms with Crippen LogP contribution in [0.1, 0.15) is 25.7 Å². The molecule has 0 atom stereocenters. The molecular weight excluding hydrogens is 338 g/mol. The lowest BCUT2D eigenvalue weighted by Crippen LogP contribution is -2.28. The molecule has 0 radical (unpaired) electrons. The van der Waals surface area contributed by atoms with Crippen molar-refractivity contribution in [1.82, 2.24) is 9.97 Å². The molecule has 1 aliphatic carbocycles. The van der Waals surface area contributed by atoms with Gasteiger partial charge in [0.05, 0.1) is 16.8 Å². The first-order valence-corrected chi connectivity index (χ1v) is 9.05. The van der Waals surface area contributed by atoms with Gasteiger partial charge in [-0.15, -0.1) is 0 Å². The van der Waals surface area contributed by atoms with Crippen molar-refractivity contribution in [3.8, 4) is 11.3 Å². The second kappa shape index (κ2) is 8.47. The van der Waals surface area contributed by atoms with Gasteiger partial charge >= 0.3 is 0 Å². The van der Waals surface area contributed by atoms with Gasteiger partial charge in [0.2, 0.25) is 0 Å². The van der Waals surface area contributed by atoms with E-state index >= 15 is 0 Å². The lowest BCUT2D eigenvalue weighted by Gasteiger charge is -2.26. The molecule has 2 heterocycles. The van der Waals surface area contributed by atoms with Crippen molar-refractivity contribution < 1.29 is 5.11 Å². The molecule has 0 saturated heterocycles.